The van der Waals surface area contributed by atoms with Gasteiger partial charge in [-0.05, 0) is 81.3 Å². The first-order valence-electron chi connectivity index (χ1n) is 11.1. The van der Waals surface area contributed by atoms with E-state index in [1.165, 1.54) is 38.5 Å². The number of nitrogens with one attached hydrogen (secondary N) is 1. The van der Waals surface area contributed by atoms with Crippen molar-refractivity contribution in [1.29, 1.82) is 0 Å². The number of piperidine rings is 1. The van der Waals surface area contributed by atoms with Crippen LogP contribution >= 0.6 is 0 Å². The quantitative estimate of drug-likeness (QED) is 0.824. The number of carbonyl (C=O) groups excluding carboxylic acids is 1. The van der Waals surface area contributed by atoms with Gasteiger partial charge in [0.2, 0.25) is 0 Å². The van der Waals surface area contributed by atoms with Crippen LogP contribution < -0.4 is 5.32 Å². The highest BCUT2D eigenvalue weighted by atomic mass is 16.3. The predicted molar refractivity (Wildman–Crippen MR) is 107 cm³/mol. The molecule has 2 heterocycles. The van der Waals surface area contributed by atoms with Crippen molar-refractivity contribution in [3.05, 3.63) is 30.2 Å². The minimum absolute atomic E-state index is 0.100. The molecule has 0 radical (unpaired) electrons. The second kappa shape index (κ2) is 6.23. The van der Waals surface area contributed by atoms with E-state index in [9.17, 15) is 4.79 Å². The molecule has 2 aromatic rings. The van der Waals surface area contributed by atoms with Gasteiger partial charge in [0.15, 0.2) is 11.5 Å². The molecular weight excluding hydrogens is 350 g/mol. The van der Waals surface area contributed by atoms with Gasteiger partial charge in [0.25, 0.3) is 0 Å². The minimum Gasteiger partial charge on any atom is -0.440 e. The Labute approximate surface area is 165 Å². The Morgan fingerprint density at radius 1 is 1.04 bits per heavy atom. The molecule has 4 bridgehead atoms. The lowest BCUT2D eigenvalue weighted by Gasteiger charge is -2.57. The first-order valence-corrected chi connectivity index (χ1v) is 11.1. The number of rotatable bonds is 2. The Bertz CT molecular complexity index is 828. The van der Waals surface area contributed by atoms with Crippen molar-refractivity contribution in [2.45, 2.75) is 62.8 Å². The third-order valence-electron chi connectivity index (χ3n) is 7.85. The van der Waals surface area contributed by atoms with Crippen LogP contribution in [-0.4, -0.2) is 34.5 Å². The van der Waals surface area contributed by atoms with Gasteiger partial charge in [0, 0.05) is 24.5 Å². The van der Waals surface area contributed by atoms with Gasteiger partial charge in [-0.2, -0.15) is 0 Å². The zero-order chi connectivity index (χ0) is 18.7. The molecule has 1 N–H and O–H groups in total. The number of nitrogens with zero attached hydrogens (tertiary/aromatic N) is 2. The number of hydrogen-bond acceptors (Lipinski definition) is 3. The van der Waals surface area contributed by atoms with Crippen molar-refractivity contribution in [2.24, 2.45) is 17.8 Å². The fourth-order valence-electron chi connectivity index (χ4n) is 6.96. The standard InChI is InChI=1S/C23H29N3O2/c27-22(25-23-12-15-9-16(13-23)11-17(10-15)14-23)26-7-5-18(6-8-26)21-24-19-3-1-2-4-20(19)28-21/h1-4,15-18H,5-14H2,(H,25,27). The topological polar surface area (TPSA) is 58.4 Å². The molecule has 7 rings (SSSR count). The van der Waals surface area contributed by atoms with Crippen LogP contribution in [0.4, 0.5) is 4.79 Å². The van der Waals surface area contributed by atoms with E-state index in [0.717, 1.165) is 60.7 Å². The van der Waals surface area contributed by atoms with E-state index in [-0.39, 0.29) is 11.6 Å². The van der Waals surface area contributed by atoms with E-state index in [1.807, 2.05) is 29.2 Å². The number of carbonyl (C=O) groups is 1. The molecule has 1 aromatic heterocycles. The summed E-state index contributed by atoms with van der Waals surface area (Å²) in [6.07, 6.45) is 9.72. The maximum Gasteiger partial charge on any atom is 0.317 e. The largest absolute Gasteiger partial charge is 0.440 e. The van der Waals surface area contributed by atoms with Gasteiger partial charge in [0.05, 0.1) is 0 Å². The normalized spacial score (nSPS) is 34.9. The Morgan fingerprint density at radius 3 is 2.32 bits per heavy atom. The smallest absolute Gasteiger partial charge is 0.317 e. The summed E-state index contributed by atoms with van der Waals surface area (Å²) in [7, 11) is 0. The van der Waals surface area contributed by atoms with E-state index in [1.54, 1.807) is 0 Å². The highest BCUT2D eigenvalue weighted by Crippen LogP contribution is 2.55. The average molecular weight is 380 g/mol. The Kier molecular flexibility index (Phi) is 3.75. The molecule has 0 unspecified atom stereocenters. The lowest BCUT2D eigenvalue weighted by atomic mass is 9.53. The van der Waals surface area contributed by atoms with Crippen LogP contribution in [0.2, 0.25) is 0 Å². The van der Waals surface area contributed by atoms with Crippen LogP contribution in [0.25, 0.3) is 11.1 Å². The van der Waals surface area contributed by atoms with Gasteiger partial charge >= 0.3 is 6.03 Å². The lowest BCUT2D eigenvalue weighted by Crippen LogP contribution is -2.62. The van der Waals surface area contributed by atoms with Crippen LogP contribution in [-0.2, 0) is 0 Å². The number of amides is 2. The molecule has 1 saturated heterocycles. The number of likely N-dealkylation sites (tertiary alicyclic amines) is 1. The van der Waals surface area contributed by atoms with Gasteiger partial charge in [-0.15, -0.1) is 0 Å². The molecule has 2 amide bonds. The summed E-state index contributed by atoms with van der Waals surface area (Å²) < 4.78 is 5.96. The van der Waals surface area contributed by atoms with Gasteiger partial charge in [0.1, 0.15) is 5.52 Å². The van der Waals surface area contributed by atoms with Crippen LogP contribution in [0.1, 0.15) is 63.2 Å². The summed E-state index contributed by atoms with van der Waals surface area (Å²) in [5.74, 6) is 3.72. The van der Waals surface area contributed by atoms with Crippen molar-refractivity contribution < 1.29 is 9.21 Å². The second-order valence-corrected chi connectivity index (χ2v) is 9.91. The van der Waals surface area contributed by atoms with Crippen molar-refractivity contribution in [3.63, 3.8) is 0 Å². The molecular formula is C23H29N3O2. The first-order chi connectivity index (χ1) is 13.7. The molecule has 0 atom stereocenters. The van der Waals surface area contributed by atoms with Gasteiger partial charge in [-0.3, -0.25) is 0 Å². The van der Waals surface area contributed by atoms with E-state index in [0.29, 0.717) is 5.92 Å². The molecule has 5 heteroatoms. The molecule has 5 nitrogen and oxygen atoms in total. The summed E-state index contributed by atoms with van der Waals surface area (Å²) in [5, 5.41) is 3.52. The van der Waals surface area contributed by atoms with Gasteiger partial charge < -0.3 is 14.6 Å². The summed E-state index contributed by atoms with van der Waals surface area (Å²) in [5.41, 5.74) is 1.89. The summed E-state index contributed by atoms with van der Waals surface area (Å²) in [6, 6.07) is 8.11. The second-order valence-electron chi connectivity index (χ2n) is 9.91. The summed E-state index contributed by atoms with van der Waals surface area (Å²) in [4.78, 5) is 19.7. The molecule has 1 aromatic carbocycles. The Hall–Kier alpha value is -2.04. The Morgan fingerprint density at radius 2 is 1.68 bits per heavy atom. The zero-order valence-corrected chi connectivity index (χ0v) is 16.4. The summed E-state index contributed by atoms with van der Waals surface area (Å²) >= 11 is 0. The minimum atomic E-state index is 0.100. The molecule has 4 aliphatic carbocycles. The number of para-hydroxylation sites is 2. The van der Waals surface area contributed by atoms with E-state index >= 15 is 0 Å². The lowest BCUT2D eigenvalue weighted by molar-refractivity contribution is -0.0160. The fraction of sp³-hybridized carbons (Fsp3) is 0.652. The number of hydrogen-bond donors (Lipinski definition) is 1. The highest BCUT2D eigenvalue weighted by Gasteiger charge is 2.51. The van der Waals surface area contributed by atoms with Crippen LogP contribution in [0.15, 0.2) is 28.7 Å². The van der Waals surface area contributed by atoms with Crippen LogP contribution in [0.5, 0.6) is 0 Å². The molecule has 1 aliphatic heterocycles. The number of benzene rings is 1. The van der Waals surface area contributed by atoms with Gasteiger partial charge in [-0.25, -0.2) is 9.78 Å². The van der Waals surface area contributed by atoms with E-state index in [2.05, 4.69) is 10.3 Å². The predicted octanol–water partition coefficient (Wildman–Crippen LogP) is 4.69. The third kappa shape index (κ3) is 2.82. The van der Waals surface area contributed by atoms with Crippen LogP contribution in [0, 0.1) is 17.8 Å². The Balaban J connectivity index is 1.10. The maximum atomic E-state index is 13.0. The molecule has 0 spiro atoms. The number of aromatic nitrogens is 1. The van der Waals surface area contributed by atoms with Crippen molar-refractivity contribution >= 4 is 17.1 Å². The molecule has 4 saturated carbocycles. The van der Waals surface area contributed by atoms with Gasteiger partial charge in [-0.1, -0.05) is 12.1 Å². The highest BCUT2D eigenvalue weighted by molar-refractivity contribution is 5.75. The monoisotopic (exact) mass is 379 g/mol. The molecule has 5 aliphatic rings. The van der Waals surface area contributed by atoms with E-state index < -0.39 is 0 Å². The maximum absolute atomic E-state index is 13.0. The average Bonchev–Trinajstić information content (AvgIpc) is 3.11. The summed E-state index contributed by atoms with van der Waals surface area (Å²) in [6.45, 7) is 1.59. The van der Waals surface area contributed by atoms with Crippen LogP contribution in [0.3, 0.4) is 0 Å². The molecule has 148 valence electrons. The van der Waals surface area contributed by atoms with Crippen molar-refractivity contribution in [3.8, 4) is 0 Å². The number of urea groups is 1. The molecule has 5 fully saturated rings. The zero-order valence-electron chi connectivity index (χ0n) is 16.4. The van der Waals surface area contributed by atoms with Crippen molar-refractivity contribution in [2.75, 3.05) is 13.1 Å². The first kappa shape index (κ1) is 16.9. The number of oxazole rings is 1. The SMILES string of the molecule is O=C(NC12CC3CC(CC(C3)C1)C2)N1CCC(c2nc3ccccc3o2)CC1. The van der Waals surface area contributed by atoms with Crippen molar-refractivity contribution in [1.82, 2.24) is 15.2 Å². The fourth-order valence-corrected chi connectivity index (χ4v) is 6.96. The third-order valence-corrected chi connectivity index (χ3v) is 7.85. The van der Waals surface area contributed by atoms with E-state index in [4.69, 9.17) is 4.42 Å². The number of fused-ring (bicyclic) bond motifs is 1. The molecule has 28 heavy (non-hydrogen) atoms.